The summed E-state index contributed by atoms with van der Waals surface area (Å²) in [6, 6.07) is 11.5. The molecule has 0 unspecified atom stereocenters. The predicted octanol–water partition coefficient (Wildman–Crippen LogP) is 2.79. The Kier molecular flexibility index (Phi) is 7.23. The van der Waals surface area contributed by atoms with Crippen molar-refractivity contribution >= 4 is 16.9 Å². The van der Waals surface area contributed by atoms with Crippen LogP contribution in [0.2, 0.25) is 0 Å². The molecule has 0 amide bonds. The third-order valence-electron chi connectivity index (χ3n) is 3.63. The summed E-state index contributed by atoms with van der Waals surface area (Å²) < 4.78 is 1.52. The number of unbranched alkanes of at least 4 members (excludes halogenated alkanes) is 1. The monoisotopic (exact) mass is 355 g/mol. The molecule has 0 aliphatic heterocycles. The van der Waals surface area contributed by atoms with Crippen LogP contribution in [-0.2, 0) is 6.54 Å². The van der Waals surface area contributed by atoms with Crippen molar-refractivity contribution in [3.63, 3.8) is 0 Å². The van der Waals surface area contributed by atoms with E-state index < -0.39 is 0 Å². The highest BCUT2D eigenvalue weighted by Crippen LogP contribution is 2.18. The Morgan fingerprint density at radius 2 is 2.12 bits per heavy atom. The number of aromatic nitrogens is 2. The van der Waals surface area contributed by atoms with Crippen LogP contribution in [0.3, 0.4) is 0 Å². The molecular weight excluding hydrogens is 334 g/mol. The second-order valence-corrected chi connectivity index (χ2v) is 6.23. The molecule has 1 N–H and O–H groups in total. The number of nitriles is 1. The number of aryl methyl sites for hydroxylation is 2. The van der Waals surface area contributed by atoms with E-state index in [1.54, 1.807) is 6.07 Å². The normalized spacial score (nSPS) is 11.2. The smallest absolute Gasteiger partial charge is 0.267 e. The van der Waals surface area contributed by atoms with Crippen molar-refractivity contribution in [2.75, 3.05) is 12.8 Å². The molecule has 2 aromatic rings. The topological polar surface area (TPSA) is 83.1 Å². The number of hydrogen-bond acceptors (Lipinski definition) is 5. The lowest BCUT2D eigenvalue weighted by Crippen LogP contribution is -2.23. The summed E-state index contributed by atoms with van der Waals surface area (Å²) in [6.07, 6.45) is 5.34. The quantitative estimate of drug-likeness (QED) is 0.283. The lowest BCUT2D eigenvalue weighted by Gasteiger charge is -2.09. The van der Waals surface area contributed by atoms with Gasteiger partial charge in [-0.15, -0.1) is 0 Å². The first-order chi connectivity index (χ1) is 12.2. The number of aliphatic imine (C=N–C) groups is 1. The number of thioether (sulfide) groups is 1. The molecule has 0 fully saturated rings. The van der Waals surface area contributed by atoms with Gasteiger partial charge in [-0.05, 0) is 31.6 Å². The summed E-state index contributed by atoms with van der Waals surface area (Å²) in [7, 11) is 0. The van der Waals surface area contributed by atoms with Crippen LogP contribution in [0.4, 0.5) is 0 Å². The molecule has 0 aliphatic carbocycles. The van der Waals surface area contributed by atoms with Crippen LogP contribution in [0.1, 0.15) is 18.4 Å². The fourth-order valence-electron chi connectivity index (χ4n) is 2.38. The molecular formula is C18H21N5OS. The fourth-order valence-corrected chi connectivity index (χ4v) is 2.74. The van der Waals surface area contributed by atoms with Crippen molar-refractivity contribution in [2.45, 2.75) is 26.3 Å². The van der Waals surface area contributed by atoms with Crippen molar-refractivity contribution in [3.8, 4) is 17.5 Å². The van der Waals surface area contributed by atoms with Gasteiger partial charge >= 0.3 is 0 Å². The van der Waals surface area contributed by atoms with Crippen molar-refractivity contribution < 1.29 is 0 Å². The van der Waals surface area contributed by atoms with Gasteiger partial charge < -0.3 is 0 Å². The molecule has 1 aromatic carbocycles. The minimum absolute atomic E-state index is 0.0865. The maximum Gasteiger partial charge on any atom is 0.267 e. The van der Waals surface area contributed by atoms with Gasteiger partial charge in [-0.3, -0.25) is 15.1 Å². The molecule has 1 heterocycles. The molecule has 2 rings (SSSR count). The molecule has 7 heteroatoms. The van der Waals surface area contributed by atoms with Crippen LogP contribution in [0, 0.1) is 18.4 Å². The Labute approximate surface area is 151 Å². The molecule has 1 aromatic heterocycles. The molecule has 25 heavy (non-hydrogen) atoms. The first-order valence-electron chi connectivity index (χ1n) is 8.03. The van der Waals surface area contributed by atoms with Gasteiger partial charge in [0.25, 0.3) is 5.56 Å². The largest absolute Gasteiger partial charge is 0.272 e. The van der Waals surface area contributed by atoms with Gasteiger partial charge in [0.2, 0.25) is 0 Å². The summed E-state index contributed by atoms with van der Waals surface area (Å²) in [5.41, 5.74) is 2.63. The van der Waals surface area contributed by atoms with Crippen molar-refractivity contribution in [2.24, 2.45) is 4.99 Å². The highest BCUT2D eigenvalue weighted by Gasteiger charge is 2.07. The Bertz CT molecular complexity index is 824. The highest BCUT2D eigenvalue weighted by molar-refractivity contribution is 8.13. The maximum absolute atomic E-state index is 12.2. The molecule has 0 radical (unpaired) electrons. The van der Waals surface area contributed by atoms with E-state index in [9.17, 15) is 4.79 Å². The van der Waals surface area contributed by atoms with E-state index in [1.165, 1.54) is 16.4 Å². The lowest BCUT2D eigenvalue weighted by atomic mass is 10.1. The van der Waals surface area contributed by atoms with E-state index in [1.807, 2.05) is 49.7 Å². The van der Waals surface area contributed by atoms with Crippen LogP contribution in [0.25, 0.3) is 11.3 Å². The lowest BCUT2D eigenvalue weighted by molar-refractivity contribution is 0.536. The van der Waals surface area contributed by atoms with Gasteiger partial charge in [0.1, 0.15) is 0 Å². The second-order valence-electron chi connectivity index (χ2n) is 5.44. The third kappa shape index (κ3) is 5.47. The van der Waals surface area contributed by atoms with Crippen LogP contribution in [0.15, 0.2) is 46.2 Å². The van der Waals surface area contributed by atoms with Crippen LogP contribution >= 0.6 is 11.8 Å². The predicted molar refractivity (Wildman–Crippen MR) is 102 cm³/mol. The molecule has 6 nitrogen and oxygen atoms in total. The Morgan fingerprint density at radius 3 is 2.80 bits per heavy atom. The third-order valence-corrected chi connectivity index (χ3v) is 4.24. The first kappa shape index (κ1) is 18.7. The average Bonchev–Trinajstić information content (AvgIpc) is 2.62. The number of nitrogens with one attached hydrogen (secondary N) is 1. The van der Waals surface area contributed by atoms with Crippen LogP contribution in [0.5, 0.6) is 0 Å². The fraction of sp³-hybridized carbons (Fsp3) is 0.333. The van der Waals surface area contributed by atoms with Crippen molar-refractivity contribution in [3.05, 3.63) is 52.3 Å². The maximum atomic E-state index is 12.2. The summed E-state index contributed by atoms with van der Waals surface area (Å²) in [4.78, 5) is 16.5. The zero-order chi connectivity index (χ0) is 18.1. The van der Waals surface area contributed by atoms with Crippen LogP contribution < -0.4 is 10.9 Å². The zero-order valence-electron chi connectivity index (χ0n) is 14.4. The van der Waals surface area contributed by atoms with Gasteiger partial charge in [-0.2, -0.15) is 10.4 Å². The number of amidine groups is 1. The summed E-state index contributed by atoms with van der Waals surface area (Å²) in [5.74, 6) is 0. The van der Waals surface area contributed by atoms with E-state index in [0.29, 0.717) is 18.3 Å². The average molecular weight is 355 g/mol. The Balaban J connectivity index is 2.01. The molecule has 0 spiro atoms. The number of hydrogen-bond donors (Lipinski definition) is 1. The summed E-state index contributed by atoms with van der Waals surface area (Å²) >= 11 is 1.40. The second kappa shape index (κ2) is 9.64. The van der Waals surface area contributed by atoms with E-state index in [4.69, 9.17) is 5.26 Å². The van der Waals surface area contributed by atoms with Crippen LogP contribution in [-0.4, -0.2) is 27.7 Å². The number of nitrogens with zero attached hydrogens (tertiary/aromatic N) is 4. The molecule has 0 saturated heterocycles. The van der Waals surface area contributed by atoms with Gasteiger partial charge in [0.15, 0.2) is 11.4 Å². The SMILES string of the molecule is CSC(=NCCCCn1nc(-c2ccccc2)c(C)cc1=O)NC#N. The van der Waals surface area contributed by atoms with Crippen molar-refractivity contribution in [1.29, 1.82) is 5.26 Å². The van der Waals surface area contributed by atoms with Crippen molar-refractivity contribution in [1.82, 2.24) is 15.1 Å². The van der Waals surface area contributed by atoms with E-state index in [0.717, 1.165) is 29.7 Å². The van der Waals surface area contributed by atoms with Gasteiger partial charge in [-0.1, -0.05) is 42.1 Å². The highest BCUT2D eigenvalue weighted by atomic mass is 32.2. The summed E-state index contributed by atoms with van der Waals surface area (Å²) in [6.45, 7) is 3.06. The minimum atomic E-state index is -0.0865. The molecule has 0 atom stereocenters. The first-order valence-corrected chi connectivity index (χ1v) is 9.26. The van der Waals surface area contributed by atoms with Gasteiger partial charge in [-0.25, -0.2) is 4.68 Å². The van der Waals surface area contributed by atoms with E-state index >= 15 is 0 Å². The Morgan fingerprint density at radius 1 is 1.36 bits per heavy atom. The summed E-state index contributed by atoms with van der Waals surface area (Å²) in [5, 5.41) is 16.3. The molecule has 130 valence electrons. The standard InChI is InChI=1S/C18H21N5OS/c1-14-12-16(24)23(22-17(14)15-8-4-3-5-9-15)11-7-6-10-20-18(25-2)21-13-19/h3-5,8-9,12H,6-7,10-11H2,1-2H3,(H,20,21). The number of benzene rings is 1. The minimum Gasteiger partial charge on any atom is -0.272 e. The van der Waals surface area contributed by atoms with E-state index in [2.05, 4.69) is 15.4 Å². The molecule has 0 aliphatic rings. The Hall–Kier alpha value is -2.59. The van der Waals surface area contributed by atoms with E-state index in [-0.39, 0.29) is 5.56 Å². The van der Waals surface area contributed by atoms with Gasteiger partial charge in [0.05, 0.1) is 5.69 Å². The molecule has 0 bridgehead atoms. The number of rotatable bonds is 6. The molecule has 0 saturated carbocycles. The zero-order valence-corrected chi connectivity index (χ0v) is 15.2. The van der Waals surface area contributed by atoms with Gasteiger partial charge in [0, 0.05) is 24.7 Å².